The Balaban J connectivity index is 0.00000351. The maximum atomic E-state index is 12.1. The maximum absolute atomic E-state index is 12.1. The number of nitrogens with zero attached hydrogens (tertiary/aromatic N) is 1. The van der Waals surface area contributed by atoms with Gasteiger partial charge in [0.2, 0.25) is 5.88 Å². The molecular weight excluding hydrogens is 674 g/mol. The number of hydrogen-bond acceptors (Lipinski definition) is 10. The Hall–Kier alpha value is -3.44. The van der Waals surface area contributed by atoms with Crippen LogP contribution in [0.5, 0.6) is 5.75 Å². The van der Waals surface area contributed by atoms with Crippen molar-refractivity contribution in [2.24, 2.45) is 0 Å². The fraction of sp³-hybridized carbons (Fsp3) is 0.0909. The van der Waals surface area contributed by atoms with Gasteiger partial charge in [-0.1, -0.05) is 36.4 Å². The van der Waals surface area contributed by atoms with Gasteiger partial charge in [0, 0.05) is 44.6 Å². The summed E-state index contributed by atoms with van der Waals surface area (Å²) in [7, 11) is -9.22. The van der Waals surface area contributed by atoms with Crippen LogP contribution in [0.3, 0.4) is 0 Å². The molecular formula is C33H22KNO10S2. The molecule has 0 spiro atoms. The van der Waals surface area contributed by atoms with Gasteiger partial charge in [-0.3, -0.25) is 9.45 Å². The Kier molecular flexibility index (Phi) is 7.94. The number of benzene rings is 4. The molecule has 11 nitrogen and oxygen atoms in total. The summed E-state index contributed by atoms with van der Waals surface area (Å²) in [5, 5.41) is 3.67. The molecule has 1 aliphatic rings. The number of ether oxygens (including phenoxy) is 1. The van der Waals surface area contributed by atoms with E-state index in [1.165, 1.54) is 11.0 Å². The van der Waals surface area contributed by atoms with Crippen LogP contribution in [0.2, 0.25) is 0 Å². The van der Waals surface area contributed by atoms with E-state index in [0.717, 1.165) is 21.5 Å². The van der Waals surface area contributed by atoms with E-state index in [0.29, 0.717) is 50.3 Å². The molecule has 8 rings (SSSR count). The van der Waals surface area contributed by atoms with Crippen molar-refractivity contribution in [3.8, 4) is 5.75 Å². The molecule has 1 aliphatic heterocycles. The topological polar surface area (TPSA) is 163 Å². The second-order valence-electron chi connectivity index (χ2n) is 11.1. The van der Waals surface area contributed by atoms with E-state index in [4.69, 9.17) is 18.0 Å². The molecule has 47 heavy (non-hydrogen) atoms. The molecule has 7 aromatic rings. The summed E-state index contributed by atoms with van der Waals surface area (Å²) in [5.41, 5.74) is 3.69. The van der Waals surface area contributed by atoms with Crippen molar-refractivity contribution in [2.45, 2.75) is 12.7 Å². The van der Waals surface area contributed by atoms with Gasteiger partial charge in [0.15, 0.2) is 5.75 Å². The maximum Gasteiger partial charge on any atom is 1.00 e. The molecule has 0 amide bonds. The van der Waals surface area contributed by atoms with Crippen molar-refractivity contribution in [1.82, 2.24) is 0 Å². The molecule has 0 aliphatic carbocycles. The number of anilines is 1. The standard InChI is InChI=1S/C33H23NO10S2.K/c1-18(10-28-24(16-45(35,36)37)23-13-29-21(12-30(23)43-28)19-6-2-4-8-26(19)41-29)11-33-34(17-46(38,39)40)25-15-31-22(14-32(25)44-33)20-7-3-5-9-27(20)42-31;/h2-15H,16-17H2,1H3,(H,35,36,37)(H,38,39,40);/q;+1/p-1/b18-10-,33-11+;. The van der Waals surface area contributed by atoms with Crippen LogP contribution < -0.4 is 61.0 Å². The van der Waals surface area contributed by atoms with Gasteiger partial charge in [-0.15, -0.1) is 0 Å². The number of hydrogen-bond donors (Lipinski definition) is 1. The van der Waals surface area contributed by atoms with Crippen LogP contribution >= 0.6 is 0 Å². The zero-order valence-corrected chi connectivity index (χ0v) is 29.6. The number of fused-ring (bicyclic) bond motifs is 8. The fourth-order valence-corrected chi connectivity index (χ4v) is 7.24. The molecule has 232 valence electrons. The summed E-state index contributed by atoms with van der Waals surface area (Å²) in [6.07, 6.45) is 3.05. The predicted octanol–water partition coefficient (Wildman–Crippen LogP) is 4.27. The molecule has 0 fully saturated rings. The van der Waals surface area contributed by atoms with Crippen molar-refractivity contribution in [2.75, 3.05) is 10.8 Å². The largest absolute Gasteiger partial charge is 1.00 e. The summed E-state index contributed by atoms with van der Waals surface area (Å²) in [4.78, 5) is 1.23. The summed E-state index contributed by atoms with van der Waals surface area (Å²) in [6, 6.07) is 21.6. The molecule has 14 heteroatoms. The van der Waals surface area contributed by atoms with Gasteiger partial charge in [-0.25, -0.2) is 8.42 Å². The predicted molar refractivity (Wildman–Crippen MR) is 172 cm³/mol. The second-order valence-corrected chi connectivity index (χ2v) is 13.9. The van der Waals surface area contributed by atoms with Crippen LogP contribution in [0, 0.1) is 0 Å². The van der Waals surface area contributed by atoms with E-state index in [1.54, 1.807) is 37.3 Å². The normalized spacial score (nSPS) is 14.9. The first kappa shape index (κ1) is 32.1. The van der Waals surface area contributed by atoms with Crippen LogP contribution in [-0.2, 0) is 26.0 Å². The van der Waals surface area contributed by atoms with Crippen LogP contribution in [0.1, 0.15) is 18.2 Å². The third kappa shape index (κ3) is 5.94. The summed E-state index contributed by atoms with van der Waals surface area (Å²) >= 11 is 0. The first-order valence-corrected chi connectivity index (χ1v) is 17.1. The molecule has 0 radical (unpaired) electrons. The molecule has 4 heterocycles. The quantitative estimate of drug-likeness (QED) is 0.195. The number of rotatable bonds is 6. The molecule has 4 aromatic carbocycles. The molecule has 1 N–H and O–H groups in total. The zero-order chi connectivity index (χ0) is 32.0. The fourth-order valence-electron chi connectivity index (χ4n) is 5.99. The number of allylic oxidation sites excluding steroid dienone is 2. The van der Waals surface area contributed by atoms with Crippen molar-refractivity contribution < 1.29 is 95.3 Å². The van der Waals surface area contributed by atoms with Crippen molar-refractivity contribution in [1.29, 1.82) is 0 Å². The molecule has 0 saturated heterocycles. The SMILES string of the molecule is CC(=C/c1oc2cc3c(cc2c1CS(=O)(=O)O)oc1ccccc13)/C=C1/Oc2cc3c(cc2N1CS(=O)(=O)[O-])oc1ccccc13.[K+]. The molecule has 0 atom stereocenters. The van der Waals surface area contributed by atoms with Crippen molar-refractivity contribution >= 4 is 86.8 Å². The van der Waals surface area contributed by atoms with E-state index >= 15 is 0 Å². The Morgan fingerprint density at radius 1 is 0.787 bits per heavy atom. The molecule has 3 aromatic heterocycles. The Labute approximate surface area is 310 Å². The van der Waals surface area contributed by atoms with Gasteiger partial charge in [0.1, 0.15) is 55.4 Å². The van der Waals surface area contributed by atoms with E-state index < -0.39 is 31.9 Å². The third-order valence-electron chi connectivity index (χ3n) is 7.87. The minimum absolute atomic E-state index is 0. The number of para-hydroxylation sites is 2. The summed E-state index contributed by atoms with van der Waals surface area (Å²) in [6.45, 7) is 1.67. The van der Waals surface area contributed by atoms with Crippen LogP contribution in [0.15, 0.2) is 104 Å². The van der Waals surface area contributed by atoms with Crippen molar-refractivity contribution in [3.63, 3.8) is 0 Å². The third-order valence-corrected chi connectivity index (χ3v) is 9.10. The average molecular weight is 696 g/mol. The van der Waals surface area contributed by atoms with E-state index in [2.05, 4.69) is 0 Å². The Morgan fingerprint density at radius 3 is 2.00 bits per heavy atom. The van der Waals surface area contributed by atoms with Crippen LogP contribution in [0.4, 0.5) is 5.69 Å². The van der Waals surface area contributed by atoms with Gasteiger partial charge in [-0.2, -0.15) is 8.42 Å². The minimum atomic E-state index is -4.75. The number of furan rings is 3. The average Bonchev–Trinajstić information content (AvgIpc) is 3.70. The Bertz CT molecular complexity index is 2700. The first-order chi connectivity index (χ1) is 21.9. The molecule has 0 saturated carbocycles. The summed E-state index contributed by atoms with van der Waals surface area (Å²) < 4.78 is 93.8. The summed E-state index contributed by atoms with van der Waals surface area (Å²) in [5.74, 6) is -1.10. The minimum Gasteiger partial charge on any atom is -0.747 e. The molecule has 0 bridgehead atoms. The first-order valence-electron chi connectivity index (χ1n) is 14.0. The van der Waals surface area contributed by atoms with Crippen LogP contribution in [-0.4, -0.2) is 31.8 Å². The van der Waals surface area contributed by atoms with E-state index in [-0.39, 0.29) is 68.6 Å². The smallest absolute Gasteiger partial charge is 0.747 e. The van der Waals surface area contributed by atoms with Gasteiger partial charge in [0.25, 0.3) is 10.1 Å². The monoisotopic (exact) mass is 695 g/mol. The van der Waals surface area contributed by atoms with Crippen molar-refractivity contribution in [3.05, 3.63) is 102 Å². The van der Waals surface area contributed by atoms with Gasteiger partial charge < -0.3 is 22.5 Å². The van der Waals surface area contributed by atoms with E-state index in [9.17, 15) is 25.9 Å². The molecule has 0 unspecified atom stereocenters. The van der Waals surface area contributed by atoms with Gasteiger partial charge in [-0.05, 0) is 48.9 Å². The van der Waals surface area contributed by atoms with Gasteiger partial charge >= 0.3 is 51.4 Å². The second kappa shape index (κ2) is 11.6. The van der Waals surface area contributed by atoms with Gasteiger partial charge in [0.05, 0.1) is 5.69 Å². The zero-order valence-electron chi connectivity index (χ0n) is 24.9. The van der Waals surface area contributed by atoms with Crippen LogP contribution in [0.25, 0.3) is 60.9 Å². The Morgan fingerprint density at radius 2 is 1.36 bits per heavy atom. The van der Waals surface area contributed by atoms with E-state index in [1.807, 2.05) is 48.5 Å².